The summed E-state index contributed by atoms with van der Waals surface area (Å²) in [4.78, 5) is 30.3. The molecule has 3 aromatic carbocycles. The van der Waals surface area contributed by atoms with Crippen LogP contribution in [-0.2, 0) is 6.54 Å². The first-order chi connectivity index (χ1) is 16.5. The Hall–Kier alpha value is -4.76. The minimum absolute atomic E-state index is 0.0659. The SMILES string of the molecule is Cc1c(C=Nc2ccccc2C(=O)c2ccccc2)c(O)n(Cc2ccccc2)c(=O)c1C#N. The monoisotopic (exact) mass is 447 g/mol. The van der Waals surface area contributed by atoms with E-state index in [4.69, 9.17) is 0 Å². The molecule has 0 bridgehead atoms. The fourth-order valence-electron chi connectivity index (χ4n) is 3.70. The number of carbonyl (C=O) groups excluding carboxylic acids is 1. The third kappa shape index (κ3) is 4.41. The molecule has 0 aliphatic rings. The first kappa shape index (κ1) is 22.4. The molecule has 0 amide bonds. The number of nitrogens with zero attached hydrogens (tertiary/aromatic N) is 3. The lowest BCUT2D eigenvalue weighted by Gasteiger charge is -2.14. The second kappa shape index (κ2) is 9.80. The molecule has 0 unspecified atom stereocenters. The van der Waals surface area contributed by atoms with E-state index < -0.39 is 5.56 Å². The molecule has 4 rings (SSSR count). The number of hydrogen-bond donors (Lipinski definition) is 1. The van der Waals surface area contributed by atoms with E-state index in [-0.39, 0.29) is 29.3 Å². The number of benzene rings is 3. The number of hydrogen-bond acceptors (Lipinski definition) is 5. The Morgan fingerprint density at radius 2 is 1.62 bits per heavy atom. The summed E-state index contributed by atoms with van der Waals surface area (Å²) in [5.74, 6) is -0.470. The summed E-state index contributed by atoms with van der Waals surface area (Å²) in [5.41, 5.74) is 2.08. The highest BCUT2D eigenvalue weighted by molar-refractivity contribution is 6.12. The number of ketones is 1. The molecule has 0 aliphatic heterocycles. The molecule has 0 saturated carbocycles. The van der Waals surface area contributed by atoms with Crippen LogP contribution in [0.5, 0.6) is 5.88 Å². The highest BCUT2D eigenvalue weighted by atomic mass is 16.3. The second-order valence-electron chi connectivity index (χ2n) is 7.70. The van der Waals surface area contributed by atoms with Crippen molar-refractivity contribution < 1.29 is 9.90 Å². The van der Waals surface area contributed by atoms with Gasteiger partial charge in [0.25, 0.3) is 5.56 Å². The average Bonchev–Trinajstić information content (AvgIpc) is 2.88. The molecule has 0 spiro atoms. The van der Waals surface area contributed by atoms with Gasteiger partial charge in [-0.05, 0) is 30.2 Å². The van der Waals surface area contributed by atoms with Gasteiger partial charge in [-0.25, -0.2) is 0 Å². The molecule has 6 heteroatoms. The van der Waals surface area contributed by atoms with Gasteiger partial charge in [-0.3, -0.25) is 19.1 Å². The largest absolute Gasteiger partial charge is 0.494 e. The number of pyridine rings is 1. The lowest BCUT2D eigenvalue weighted by molar-refractivity contribution is 0.103. The molecule has 0 radical (unpaired) electrons. The number of para-hydroxylation sites is 1. The van der Waals surface area contributed by atoms with E-state index in [1.165, 1.54) is 6.21 Å². The summed E-state index contributed by atoms with van der Waals surface area (Å²) >= 11 is 0. The molecule has 4 aromatic rings. The van der Waals surface area contributed by atoms with Crippen molar-refractivity contribution in [3.63, 3.8) is 0 Å². The molecule has 34 heavy (non-hydrogen) atoms. The first-order valence-electron chi connectivity index (χ1n) is 10.6. The summed E-state index contributed by atoms with van der Waals surface area (Å²) in [7, 11) is 0. The van der Waals surface area contributed by atoms with Gasteiger partial charge in [0, 0.05) is 17.3 Å². The first-order valence-corrected chi connectivity index (χ1v) is 10.6. The Balaban J connectivity index is 1.79. The Morgan fingerprint density at radius 1 is 1.00 bits per heavy atom. The zero-order valence-electron chi connectivity index (χ0n) is 18.5. The lowest BCUT2D eigenvalue weighted by Crippen LogP contribution is -2.25. The molecule has 166 valence electrons. The minimum Gasteiger partial charge on any atom is -0.494 e. The Labute approximate surface area is 196 Å². The van der Waals surface area contributed by atoms with Crippen molar-refractivity contribution in [1.82, 2.24) is 4.57 Å². The maximum atomic E-state index is 13.0. The van der Waals surface area contributed by atoms with Crippen LogP contribution in [-0.4, -0.2) is 21.7 Å². The number of aromatic hydroxyl groups is 1. The van der Waals surface area contributed by atoms with Crippen LogP contribution in [0, 0.1) is 18.3 Å². The fourth-order valence-corrected chi connectivity index (χ4v) is 3.70. The molecule has 1 heterocycles. The van der Waals surface area contributed by atoms with Crippen LogP contribution < -0.4 is 5.56 Å². The predicted octanol–water partition coefficient (Wildman–Crippen LogP) is 4.76. The van der Waals surface area contributed by atoms with Crippen LogP contribution in [0.1, 0.15) is 38.2 Å². The van der Waals surface area contributed by atoms with Gasteiger partial charge in [-0.2, -0.15) is 5.26 Å². The zero-order chi connectivity index (χ0) is 24.1. The van der Waals surface area contributed by atoms with E-state index in [1.807, 2.05) is 42.5 Å². The van der Waals surface area contributed by atoms with Crippen molar-refractivity contribution in [2.45, 2.75) is 13.5 Å². The smallest absolute Gasteiger partial charge is 0.271 e. The van der Waals surface area contributed by atoms with E-state index in [0.29, 0.717) is 22.4 Å². The summed E-state index contributed by atoms with van der Waals surface area (Å²) < 4.78 is 1.16. The topological polar surface area (TPSA) is 95.4 Å². The van der Waals surface area contributed by atoms with Gasteiger partial charge in [-0.1, -0.05) is 72.8 Å². The zero-order valence-corrected chi connectivity index (χ0v) is 18.5. The van der Waals surface area contributed by atoms with Crippen molar-refractivity contribution in [2.24, 2.45) is 4.99 Å². The Kier molecular flexibility index (Phi) is 6.47. The Morgan fingerprint density at radius 3 is 2.29 bits per heavy atom. The molecular weight excluding hydrogens is 426 g/mol. The van der Waals surface area contributed by atoms with Crippen LogP contribution in [0.25, 0.3) is 0 Å². The average molecular weight is 447 g/mol. The van der Waals surface area contributed by atoms with Crippen LogP contribution in [0.4, 0.5) is 5.69 Å². The molecule has 1 aromatic heterocycles. The van der Waals surface area contributed by atoms with Gasteiger partial charge >= 0.3 is 0 Å². The number of aromatic nitrogens is 1. The highest BCUT2D eigenvalue weighted by Crippen LogP contribution is 2.25. The summed E-state index contributed by atoms with van der Waals surface area (Å²) in [6, 6.07) is 26.9. The van der Waals surface area contributed by atoms with E-state index >= 15 is 0 Å². The highest BCUT2D eigenvalue weighted by Gasteiger charge is 2.19. The van der Waals surface area contributed by atoms with Crippen molar-refractivity contribution in [3.05, 3.63) is 129 Å². The quantitative estimate of drug-likeness (QED) is 0.340. The van der Waals surface area contributed by atoms with E-state index in [1.54, 1.807) is 55.5 Å². The molecule has 1 N–H and O–H groups in total. The van der Waals surface area contributed by atoms with Crippen LogP contribution in [0.2, 0.25) is 0 Å². The van der Waals surface area contributed by atoms with Crippen molar-refractivity contribution in [2.75, 3.05) is 0 Å². The van der Waals surface area contributed by atoms with E-state index in [9.17, 15) is 20.0 Å². The lowest BCUT2D eigenvalue weighted by atomic mass is 10.0. The predicted molar refractivity (Wildman–Crippen MR) is 131 cm³/mol. The molecule has 0 atom stereocenters. The van der Waals surface area contributed by atoms with Gasteiger partial charge in [0.15, 0.2) is 5.78 Å². The molecule has 0 fully saturated rings. The van der Waals surface area contributed by atoms with Crippen LogP contribution in [0.3, 0.4) is 0 Å². The number of nitriles is 1. The van der Waals surface area contributed by atoms with Crippen molar-refractivity contribution in [1.29, 1.82) is 5.26 Å². The number of carbonyl (C=O) groups is 1. The van der Waals surface area contributed by atoms with Crippen LogP contribution in [0.15, 0.2) is 94.7 Å². The molecule has 0 aliphatic carbocycles. The minimum atomic E-state index is -0.571. The van der Waals surface area contributed by atoms with Crippen LogP contribution >= 0.6 is 0 Å². The van der Waals surface area contributed by atoms with E-state index in [0.717, 1.165) is 10.1 Å². The van der Waals surface area contributed by atoms with Gasteiger partial charge in [0.2, 0.25) is 5.88 Å². The van der Waals surface area contributed by atoms with Gasteiger partial charge in [0.05, 0.1) is 17.8 Å². The van der Waals surface area contributed by atoms with Gasteiger partial charge < -0.3 is 5.11 Å². The third-order valence-electron chi connectivity index (χ3n) is 5.55. The van der Waals surface area contributed by atoms with Gasteiger partial charge in [-0.15, -0.1) is 0 Å². The summed E-state index contributed by atoms with van der Waals surface area (Å²) in [6.07, 6.45) is 1.39. The van der Waals surface area contributed by atoms with Crippen molar-refractivity contribution >= 4 is 17.7 Å². The number of rotatable bonds is 6. The summed E-state index contributed by atoms with van der Waals surface area (Å²) in [6.45, 7) is 1.69. The maximum absolute atomic E-state index is 13.0. The number of aliphatic imine (C=N–C) groups is 1. The Bertz CT molecular complexity index is 1480. The third-order valence-corrected chi connectivity index (χ3v) is 5.55. The summed E-state index contributed by atoms with van der Waals surface area (Å²) in [5, 5.41) is 20.6. The fraction of sp³-hybridized carbons (Fsp3) is 0.0714. The normalized spacial score (nSPS) is 10.8. The van der Waals surface area contributed by atoms with Crippen molar-refractivity contribution in [3.8, 4) is 11.9 Å². The van der Waals surface area contributed by atoms with E-state index in [2.05, 4.69) is 4.99 Å². The standard InChI is InChI=1S/C28H21N3O3/c1-19-23(16-29)27(33)31(18-20-10-4-2-5-11-20)28(34)24(19)17-30-25-15-9-8-14-22(25)26(32)21-12-6-3-7-13-21/h2-15,17,34H,18H2,1H3. The maximum Gasteiger partial charge on any atom is 0.271 e. The molecule has 0 saturated heterocycles. The van der Waals surface area contributed by atoms with Gasteiger partial charge in [0.1, 0.15) is 11.6 Å². The molecule has 6 nitrogen and oxygen atoms in total. The molecular formula is C28H21N3O3. The second-order valence-corrected chi connectivity index (χ2v) is 7.70.